The highest BCUT2D eigenvalue weighted by molar-refractivity contribution is 5.91. The number of carbonyl (C=O) groups is 1. The zero-order valence-electron chi connectivity index (χ0n) is 9.07. The number of carbonyl (C=O) groups excluding carboxylic acids is 1. The van der Waals surface area contributed by atoms with Crippen LogP contribution in [-0.4, -0.2) is 24.1 Å². The first-order valence-corrected chi connectivity index (χ1v) is 5.53. The smallest absolute Gasteiger partial charge is 0.224 e. The quantitative estimate of drug-likeness (QED) is 0.720. The topological polar surface area (TPSA) is 61.4 Å². The Bertz CT molecular complexity index is 373. The van der Waals surface area contributed by atoms with Crippen LogP contribution in [0.5, 0.6) is 5.75 Å². The summed E-state index contributed by atoms with van der Waals surface area (Å²) in [6, 6.07) is 6.61. The fourth-order valence-corrected chi connectivity index (χ4v) is 1.95. The minimum Gasteiger partial charge on any atom is -0.508 e. The molecular weight excluding hydrogens is 204 g/mol. The highest BCUT2D eigenvalue weighted by Gasteiger charge is 2.17. The van der Waals surface area contributed by atoms with Gasteiger partial charge < -0.3 is 15.7 Å². The highest BCUT2D eigenvalue weighted by Crippen LogP contribution is 2.17. The van der Waals surface area contributed by atoms with Crippen LogP contribution >= 0.6 is 0 Å². The molecule has 1 aromatic carbocycles. The first-order chi connectivity index (χ1) is 7.74. The Kier molecular flexibility index (Phi) is 3.41. The summed E-state index contributed by atoms with van der Waals surface area (Å²) in [5, 5.41) is 15.3. The predicted octanol–water partition coefficient (Wildman–Crippen LogP) is 1.33. The number of anilines is 1. The van der Waals surface area contributed by atoms with Crippen molar-refractivity contribution < 1.29 is 9.90 Å². The van der Waals surface area contributed by atoms with E-state index in [1.54, 1.807) is 24.3 Å². The summed E-state index contributed by atoms with van der Waals surface area (Å²) >= 11 is 0. The number of hydrogen-bond donors (Lipinski definition) is 3. The molecule has 4 nitrogen and oxygen atoms in total. The first-order valence-electron chi connectivity index (χ1n) is 5.53. The number of benzene rings is 1. The normalized spacial score (nSPS) is 19.6. The molecule has 0 saturated carbocycles. The zero-order chi connectivity index (χ0) is 11.4. The van der Waals surface area contributed by atoms with Crippen LogP contribution in [0.1, 0.15) is 12.8 Å². The lowest BCUT2D eigenvalue weighted by Gasteiger charge is -2.09. The van der Waals surface area contributed by atoms with Gasteiger partial charge in [-0.25, -0.2) is 0 Å². The maximum absolute atomic E-state index is 11.7. The molecule has 1 unspecified atom stereocenters. The molecule has 0 radical (unpaired) electrons. The van der Waals surface area contributed by atoms with Crippen LogP contribution < -0.4 is 10.6 Å². The summed E-state index contributed by atoms with van der Waals surface area (Å²) in [4.78, 5) is 11.7. The van der Waals surface area contributed by atoms with Gasteiger partial charge >= 0.3 is 0 Å². The number of rotatable bonds is 3. The minimum atomic E-state index is 0.0132. The van der Waals surface area contributed by atoms with E-state index in [9.17, 15) is 9.90 Å². The summed E-state index contributed by atoms with van der Waals surface area (Å²) in [6.07, 6.45) is 1.61. The molecule has 0 bridgehead atoms. The second-order valence-electron chi connectivity index (χ2n) is 4.16. The van der Waals surface area contributed by atoms with Crippen molar-refractivity contribution in [2.45, 2.75) is 12.8 Å². The van der Waals surface area contributed by atoms with Gasteiger partial charge in [0, 0.05) is 18.2 Å². The maximum atomic E-state index is 11.7. The van der Waals surface area contributed by atoms with Gasteiger partial charge in [-0.3, -0.25) is 4.79 Å². The monoisotopic (exact) mass is 220 g/mol. The summed E-state index contributed by atoms with van der Waals surface area (Å²) in [6.45, 7) is 1.93. The third-order valence-electron chi connectivity index (χ3n) is 2.77. The Balaban J connectivity index is 1.86. The first kappa shape index (κ1) is 11.0. The van der Waals surface area contributed by atoms with Gasteiger partial charge in [-0.15, -0.1) is 0 Å². The van der Waals surface area contributed by atoms with E-state index in [1.807, 2.05) is 0 Å². The molecule has 2 rings (SSSR count). The molecule has 3 N–H and O–H groups in total. The Morgan fingerprint density at radius 3 is 3.12 bits per heavy atom. The largest absolute Gasteiger partial charge is 0.508 e. The van der Waals surface area contributed by atoms with E-state index in [0.717, 1.165) is 19.5 Å². The number of hydrogen-bond acceptors (Lipinski definition) is 3. The van der Waals surface area contributed by atoms with Crippen LogP contribution in [0.25, 0.3) is 0 Å². The molecule has 1 aromatic rings. The van der Waals surface area contributed by atoms with Crippen LogP contribution in [0.4, 0.5) is 5.69 Å². The van der Waals surface area contributed by atoms with E-state index in [0.29, 0.717) is 18.0 Å². The van der Waals surface area contributed by atoms with Crippen LogP contribution in [0.2, 0.25) is 0 Å². The lowest BCUT2D eigenvalue weighted by molar-refractivity contribution is -0.116. The molecule has 1 fully saturated rings. The van der Waals surface area contributed by atoms with E-state index in [4.69, 9.17) is 0 Å². The molecule has 0 spiro atoms. The van der Waals surface area contributed by atoms with Gasteiger partial charge in [0.15, 0.2) is 0 Å². The molecule has 1 amide bonds. The molecule has 86 valence electrons. The average Bonchev–Trinajstić information content (AvgIpc) is 2.70. The Morgan fingerprint density at radius 1 is 1.56 bits per heavy atom. The van der Waals surface area contributed by atoms with Gasteiger partial charge in [0.25, 0.3) is 0 Å². The fraction of sp³-hybridized carbons (Fsp3) is 0.417. The second-order valence-corrected chi connectivity index (χ2v) is 4.16. The van der Waals surface area contributed by atoms with Crippen LogP contribution in [-0.2, 0) is 4.79 Å². The highest BCUT2D eigenvalue weighted by atomic mass is 16.3. The van der Waals surface area contributed by atoms with Crippen LogP contribution in [0.3, 0.4) is 0 Å². The lowest BCUT2D eigenvalue weighted by Crippen LogP contribution is -2.18. The number of phenols is 1. The fourth-order valence-electron chi connectivity index (χ4n) is 1.95. The van der Waals surface area contributed by atoms with Gasteiger partial charge in [-0.1, -0.05) is 6.07 Å². The molecule has 1 aliphatic heterocycles. The zero-order valence-corrected chi connectivity index (χ0v) is 9.07. The molecule has 1 atom stereocenters. The van der Waals surface area contributed by atoms with Gasteiger partial charge in [0.2, 0.25) is 5.91 Å². The standard InChI is InChI=1S/C12H16N2O2/c15-11-3-1-2-10(7-11)14-12(16)6-9-4-5-13-8-9/h1-3,7,9,13,15H,4-6,8H2,(H,14,16). The van der Waals surface area contributed by atoms with E-state index >= 15 is 0 Å². The second kappa shape index (κ2) is 4.99. The van der Waals surface area contributed by atoms with Crippen molar-refractivity contribution in [1.29, 1.82) is 0 Å². The molecule has 0 aromatic heterocycles. The van der Waals surface area contributed by atoms with Gasteiger partial charge in [-0.05, 0) is 37.6 Å². The lowest BCUT2D eigenvalue weighted by atomic mass is 10.0. The molecule has 4 heteroatoms. The molecular formula is C12H16N2O2. The Labute approximate surface area is 94.7 Å². The summed E-state index contributed by atoms with van der Waals surface area (Å²) in [5.74, 6) is 0.622. The molecule has 1 heterocycles. The van der Waals surface area contributed by atoms with E-state index < -0.39 is 0 Å². The van der Waals surface area contributed by atoms with Crippen molar-refractivity contribution in [2.75, 3.05) is 18.4 Å². The van der Waals surface area contributed by atoms with Gasteiger partial charge in [-0.2, -0.15) is 0 Å². The van der Waals surface area contributed by atoms with Crippen molar-refractivity contribution in [3.05, 3.63) is 24.3 Å². The maximum Gasteiger partial charge on any atom is 0.224 e. The van der Waals surface area contributed by atoms with Crippen molar-refractivity contribution in [2.24, 2.45) is 5.92 Å². The van der Waals surface area contributed by atoms with Crippen molar-refractivity contribution in [3.63, 3.8) is 0 Å². The molecule has 0 aliphatic carbocycles. The molecule has 1 saturated heterocycles. The van der Waals surface area contributed by atoms with Crippen molar-refractivity contribution in [3.8, 4) is 5.75 Å². The van der Waals surface area contributed by atoms with Gasteiger partial charge in [0.1, 0.15) is 5.75 Å². The van der Waals surface area contributed by atoms with Crippen molar-refractivity contribution in [1.82, 2.24) is 5.32 Å². The summed E-state index contributed by atoms with van der Waals surface area (Å²) in [5.41, 5.74) is 0.649. The van der Waals surface area contributed by atoms with Gasteiger partial charge in [0.05, 0.1) is 0 Å². The third-order valence-corrected chi connectivity index (χ3v) is 2.77. The summed E-state index contributed by atoms with van der Waals surface area (Å²) in [7, 11) is 0. The van der Waals surface area contributed by atoms with E-state index in [2.05, 4.69) is 10.6 Å². The number of amides is 1. The van der Waals surface area contributed by atoms with E-state index in [1.165, 1.54) is 0 Å². The van der Waals surface area contributed by atoms with Crippen molar-refractivity contribution >= 4 is 11.6 Å². The number of aromatic hydroxyl groups is 1. The van der Waals surface area contributed by atoms with E-state index in [-0.39, 0.29) is 11.7 Å². The average molecular weight is 220 g/mol. The number of nitrogens with one attached hydrogen (secondary N) is 2. The third kappa shape index (κ3) is 2.97. The van der Waals surface area contributed by atoms with Crippen LogP contribution in [0.15, 0.2) is 24.3 Å². The Hall–Kier alpha value is -1.55. The molecule has 1 aliphatic rings. The Morgan fingerprint density at radius 2 is 2.44 bits per heavy atom. The minimum absolute atomic E-state index is 0.0132. The predicted molar refractivity (Wildman–Crippen MR) is 62.3 cm³/mol. The number of phenolic OH excluding ortho intramolecular Hbond substituents is 1. The molecule has 16 heavy (non-hydrogen) atoms. The summed E-state index contributed by atoms with van der Waals surface area (Å²) < 4.78 is 0. The van der Waals surface area contributed by atoms with Crippen LogP contribution in [0, 0.1) is 5.92 Å². The SMILES string of the molecule is O=C(CC1CCNC1)Nc1cccc(O)c1.